The van der Waals surface area contributed by atoms with Gasteiger partial charge in [-0.2, -0.15) is 0 Å². The zero-order valence-electron chi connectivity index (χ0n) is 15.0. The lowest BCUT2D eigenvalue weighted by atomic mass is 10.1. The summed E-state index contributed by atoms with van der Waals surface area (Å²) in [4.78, 5) is 14.0. The highest BCUT2D eigenvalue weighted by Crippen LogP contribution is 2.40. The van der Waals surface area contributed by atoms with E-state index in [9.17, 15) is 4.79 Å². The van der Waals surface area contributed by atoms with Crippen molar-refractivity contribution >= 4 is 12.0 Å². The molecule has 0 N–H and O–H groups in total. The second-order valence-corrected chi connectivity index (χ2v) is 5.44. The Morgan fingerprint density at radius 3 is 2.24 bits per heavy atom. The van der Waals surface area contributed by atoms with Crippen molar-refractivity contribution in [3.05, 3.63) is 59.7 Å². The number of hydrogen-bond acceptors (Lipinski definition) is 4. The number of hydrogen-bond donors (Lipinski definition) is 0. The van der Waals surface area contributed by atoms with E-state index in [1.165, 1.54) is 6.08 Å². The molecule has 2 aromatic carbocycles. The Balaban J connectivity index is 2.16. The lowest BCUT2D eigenvalue weighted by molar-refractivity contribution is -0.125. The molecule has 2 aromatic rings. The third-order valence-electron chi connectivity index (χ3n) is 3.78. The molecule has 0 saturated carbocycles. The summed E-state index contributed by atoms with van der Waals surface area (Å²) in [7, 11) is 6.44. The van der Waals surface area contributed by atoms with Crippen LogP contribution in [0, 0.1) is 0 Å². The van der Waals surface area contributed by atoms with Gasteiger partial charge < -0.3 is 19.1 Å². The maximum absolute atomic E-state index is 12.3. The van der Waals surface area contributed by atoms with E-state index in [1.54, 1.807) is 45.4 Å². The van der Waals surface area contributed by atoms with Gasteiger partial charge >= 0.3 is 0 Å². The second kappa shape index (κ2) is 8.78. The molecule has 0 aliphatic rings. The van der Waals surface area contributed by atoms with E-state index >= 15 is 0 Å². The van der Waals surface area contributed by atoms with Crippen LogP contribution in [-0.4, -0.2) is 39.2 Å². The molecule has 0 aliphatic carbocycles. The van der Waals surface area contributed by atoms with Crippen molar-refractivity contribution in [3.8, 4) is 17.2 Å². The van der Waals surface area contributed by atoms with Gasteiger partial charge in [0.25, 0.3) is 0 Å². The average molecular weight is 341 g/mol. The molecule has 0 radical (unpaired) electrons. The summed E-state index contributed by atoms with van der Waals surface area (Å²) in [5.41, 5.74) is 1.82. The summed E-state index contributed by atoms with van der Waals surface area (Å²) in [6.07, 6.45) is 3.23. The number of benzene rings is 2. The molecule has 5 nitrogen and oxygen atoms in total. The van der Waals surface area contributed by atoms with Crippen molar-refractivity contribution in [1.82, 2.24) is 4.90 Å². The van der Waals surface area contributed by atoms with Gasteiger partial charge in [0, 0.05) is 25.2 Å². The predicted octanol–water partition coefficient (Wildman–Crippen LogP) is 3.38. The molecule has 2 rings (SSSR count). The van der Waals surface area contributed by atoms with Crippen LogP contribution in [0.2, 0.25) is 0 Å². The molecule has 5 heteroatoms. The fourth-order valence-electron chi connectivity index (χ4n) is 2.48. The first-order valence-corrected chi connectivity index (χ1v) is 7.86. The number of rotatable bonds is 7. The van der Waals surface area contributed by atoms with Crippen LogP contribution in [0.3, 0.4) is 0 Å². The van der Waals surface area contributed by atoms with Gasteiger partial charge in [-0.15, -0.1) is 0 Å². The van der Waals surface area contributed by atoms with E-state index in [-0.39, 0.29) is 5.91 Å². The first-order chi connectivity index (χ1) is 12.1. The van der Waals surface area contributed by atoms with E-state index in [0.717, 1.165) is 11.1 Å². The first-order valence-electron chi connectivity index (χ1n) is 7.86. The second-order valence-electron chi connectivity index (χ2n) is 5.44. The Morgan fingerprint density at radius 2 is 1.64 bits per heavy atom. The van der Waals surface area contributed by atoms with Crippen LogP contribution in [0.15, 0.2) is 48.5 Å². The molecule has 0 atom stereocenters. The molecule has 0 aromatic heterocycles. The Bertz CT molecular complexity index is 741. The summed E-state index contributed by atoms with van der Waals surface area (Å²) < 4.78 is 16.0. The molecule has 0 bridgehead atoms. The molecular weight excluding hydrogens is 318 g/mol. The fraction of sp³-hybridized carbons (Fsp3) is 0.250. The normalized spacial score (nSPS) is 10.6. The number of carbonyl (C=O) groups excluding carboxylic acids is 1. The summed E-state index contributed by atoms with van der Waals surface area (Å²) in [5, 5.41) is 0. The minimum Gasteiger partial charge on any atom is -0.493 e. The Labute approximate surface area is 148 Å². The molecule has 0 fully saturated rings. The molecule has 0 saturated heterocycles. The maximum atomic E-state index is 12.3. The van der Waals surface area contributed by atoms with Crippen molar-refractivity contribution in [1.29, 1.82) is 0 Å². The lowest BCUT2D eigenvalue weighted by Gasteiger charge is -2.16. The number of likely N-dealkylation sites (N-methyl/N-ethyl adjacent to an activating group) is 1. The molecule has 0 aliphatic heterocycles. The van der Waals surface area contributed by atoms with Crippen molar-refractivity contribution in [2.75, 3.05) is 28.4 Å². The molecule has 132 valence electrons. The first kappa shape index (κ1) is 18.4. The number of methoxy groups -OCH3 is 3. The topological polar surface area (TPSA) is 48.0 Å². The van der Waals surface area contributed by atoms with Crippen LogP contribution >= 0.6 is 0 Å². The molecule has 0 heterocycles. The maximum Gasteiger partial charge on any atom is 0.246 e. The van der Waals surface area contributed by atoms with Crippen LogP contribution in [0.1, 0.15) is 11.1 Å². The Hall–Kier alpha value is -2.95. The molecule has 0 spiro atoms. The SMILES string of the molecule is COc1ccc(/C=C/C(=O)N(C)Cc2ccccc2)c(OC)c1OC. The number of carbonyl (C=O) groups is 1. The number of nitrogens with zero attached hydrogens (tertiary/aromatic N) is 1. The predicted molar refractivity (Wildman–Crippen MR) is 98.0 cm³/mol. The standard InChI is InChI=1S/C20H23NO4/c1-21(14-15-8-6-5-7-9-15)18(22)13-11-16-10-12-17(23-2)20(25-4)19(16)24-3/h5-13H,14H2,1-4H3/b13-11+. The minimum absolute atomic E-state index is 0.0966. The lowest BCUT2D eigenvalue weighted by Crippen LogP contribution is -2.24. The molecule has 0 unspecified atom stereocenters. The average Bonchev–Trinajstić information content (AvgIpc) is 2.65. The van der Waals surface area contributed by atoms with E-state index in [0.29, 0.717) is 23.8 Å². The third kappa shape index (κ3) is 4.53. The summed E-state index contributed by atoms with van der Waals surface area (Å²) in [6, 6.07) is 13.4. The van der Waals surface area contributed by atoms with E-state index in [2.05, 4.69) is 0 Å². The summed E-state index contributed by atoms with van der Waals surface area (Å²) in [5.74, 6) is 1.50. The monoisotopic (exact) mass is 341 g/mol. The number of ether oxygens (including phenoxy) is 3. The highest BCUT2D eigenvalue weighted by Gasteiger charge is 2.14. The van der Waals surface area contributed by atoms with Crippen molar-refractivity contribution in [2.24, 2.45) is 0 Å². The van der Waals surface area contributed by atoms with Gasteiger partial charge in [0.05, 0.1) is 21.3 Å². The van der Waals surface area contributed by atoms with Gasteiger partial charge in [-0.3, -0.25) is 4.79 Å². The van der Waals surface area contributed by atoms with Gasteiger partial charge in [0.15, 0.2) is 11.5 Å². The molecule has 1 amide bonds. The van der Waals surface area contributed by atoms with Crippen molar-refractivity contribution in [3.63, 3.8) is 0 Å². The molecule has 25 heavy (non-hydrogen) atoms. The van der Waals surface area contributed by atoms with Gasteiger partial charge in [-0.1, -0.05) is 30.3 Å². The highest BCUT2D eigenvalue weighted by atomic mass is 16.5. The minimum atomic E-state index is -0.0966. The van der Waals surface area contributed by atoms with Crippen LogP contribution in [0.25, 0.3) is 6.08 Å². The summed E-state index contributed by atoms with van der Waals surface area (Å²) >= 11 is 0. The van der Waals surface area contributed by atoms with Crippen LogP contribution in [0.4, 0.5) is 0 Å². The van der Waals surface area contributed by atoms with Gasteiger partial charge in [0.2, 0.25) is 11.7 Å². The van der Waals surface area contributed by atoms with Crippen molar-refractivity contribution in [2.45, 2.75) is 6.54 Å². The molecular formula is C20H23NO4. The summed E-state index contributed by atoms with van der Waals surface area (Å²) in [6.45, 7) is 0.549. The number of amides is 1. The van der Waals surface area contributed by atoms with Crippen LogP contribution < -0.4 is 14.2 Å². The highest BCUT2D eigenvalue weighted by molar-refractivity contribution is 5.92. The quantitative estimate of drug-likeness (QED) is 0.725. The van der Waals surface area contributed by atoms with Gasteiger partial charge in [-0.25, -0.2) is 0 Å². The zero-order valence-corrected chi connectivity index (χ0v) is 15.0. The van der Waals surface area contributed by atoms with E-state index in [4.69, 9.17) is 14.2 Å². The van der Waals surface area contributed by atoms with Crippen LogP contribution in [-0.2, 0) is 11.3 Å². The van der Waals surface area contributed by atoms with Crippen LogP contribution in [0.5, 0.6) is 17.2 Å². The Morgan fingerprint density at radius 1 is 0.960 bits per heavy atom. The smallest absolute Gasteiger partial charge is 0.246 e. The largest absolute Gasteiger partial charge is 0.493 e. The van der Waals surface area contributed by atoms with E-state index in [1.807, 2.05) is 36.4 Å². The van der Waals surface area contributed by atoms with Gasteiger partial charge in [0.1, 0.15) is 0 Å². The van der Waals surface area contributed by atoms with Gasteiger partial charge in [-0.05, 0) is 23.8 Å². The third-order valence-corrected chi connectivity index (χ3v) is 3.78. The Kier molecular flexibility index (Phi) is 6.46. The fourth-order valence-corrected chi connectivity index (χ4v) is 2.48. The zero-order chi connectivity index (χ0) is 18.2. The van der Waals surface area contributed by atoms with E-state index < -0.39 is 0 Å². The van der Waals surface area contributed by atoms with Crippen molar-refractivity contribution < 1.29 is 19.0 Å².